The van der Waals surface area contributed by atoms with E-state index in [9.17, 15) is 4.79 Å². The summed E-state index contributed by atoms with van der Waals surface area (Å²) in [5.41, 5.74) is 3.53. The van der Waals surface area contributed by atoms with E-state index in [1.54, 1.807) is 4.90 Å². The Kier molecular flexibility index (Phi) is 8.08. The Morgan fingerprint density at radius 1 is 1.13 bits per heavy atom. The zero-order chi connectivity index (χ0) is 27.4. The van der Waals surface area contributed by atoms with Crippen molar-refractivity contribution in [2.45, 2.75) is 31.8 Å². The molecule has 2 aliphatic heterocycles. The van der Waals surface area contributed by atoms with Gasteiger partial charge in [0.15, 0.2) is 0 Å². The molecule has 0 N–H and O–H groups in total. The Bertz CT molecular complexity index is 1390. The summed E-state index contributed by atoms with van der Waals surface area (Å²) in [6.07, 6.45) is 4.00. The lowest BCUT2D eigenvalue weighted by Gasteiger charge is -2.41. The molecular weight excluding hydrogens is 486 g/mol. The van der Waals surface area contributed by atoms with Crippen molar-refractivity contribution < 1.29 is 4.79 Å². The van der Waals surface area contributed by atoms with Crippen molar-refractivity contribution in [2.75, 3.05) is 63.2 Å². The van der Waals surface area contributed by atoms with E-state index in [1.165, 1.54) is 28.1 Å². The molecular formula is C31H37N7O. The average molecular weight is 524 g/mol. The van der Waals surface area contributed by atoms with E-state index in [1.807, 2.05) is 0 Å². The zero-order valence-electron chi connectivity index (χ0n) is 23.0. The summed E-state index contributed by atoms with van der Waals surface area (Å²) < 4.78 is 0. The summed E-state index contributed by atoms with van der Waals surface area (Å²) in [6, 6.07) is 14.9. The second-order valence-electron chi connectivity index (χ2n) is 10.6. The van der Waals surface area contributed by atoms with Crippen LogP contribution in [-0.4, -0.2) is 85.1 Å². The van der Waals surface area contributed by atoms with Crippen LogP contribution in [0.3, 0.4) is 0 Å². The summed E-state index contributed by atoms with van der Waals surface area (Å²) in [7, 11) is 4.17. The zero-order valence-corrected chi connectivity index (χ0v) is 23.0. The molecule has 1 fully saturated rings. The molecule has 1 aromatic heterocycles. The molecule has 1 atom stereocenters. The highest BCUT2D eigenvalue weighted by molar-refractivity contribution is 5.94. The van der Waals surface area contributed by atoms with Gasteiger partial charge in [-0.3, -0.25) is 4.79 Å². The van der Waals surface area contributed by atoms with Crippen molar-refractivity contribution >= 4 is 28.2 Å². The van der Waals surface area contributed by atoms with Gasteiger partial charge in [0.1, 0.15) is 17.7 Å². The van der Waals surface area contributed by atoms with E-state index in [0.717, 1.165) is 56.2 Å². The Morgan fingerprint density at radius 3 is 2.74 bits per heavy atom. The lowest BCUT2D eigenvalue weighted by atomic mass is 10.0. The first kappa shape index (κ1) is 26.6. The molecule has 0 bridgehead atoms. The van der Waals surface area contributed by atoms with E-state index in [0.29, 0.717) is 19.6 Å². The molecule has 1 saturated heterocycles. The summed E-state index contributed by atoms with van der Waals surface area (Å²) >= 11 is 0. The Balaban J connectivity index is 1.48. The molecule has 2 aromatic carbocycles. The van der Waals surface area contributed by atoms with Crippen molar-refractivity contribution in [1.82, 2.24) is 19.8 Å². The molecule has 0 aliphatic carbocycles. The molecule has 0 saturated carbocycles. The third-order valence-electron chi connectivity index (χ3n) is 7.74. The molecule has 3 aromatic rings. The molecule has 8 nitrogen and oxygen atoms in total. The first-order chi connectivity index (χ1) is 19.0. The Morgan fingerprint density at radius 2 is 1.95 bits per heavy atom. The number of carbonyl (C=O) groups is 1. The van der Waals surface area contributed by atoms with Gasteiger partial charge in [0.05, 0.1) is 12.2 Å². The maximum absolute atomic E-state index is 12.5. The van der Waals surface area contributed by atoms with Gasteiger partial charge < -0.3 is 24.4 Å². The number of hydrogen-bond donors (Lipinski definition) is 0. The minimum atomic E-state index is -0.180. The minimum absolute atomic E-state index is 0.108. The molecule has 39 heavy (non-hydrogen) atoms. The van der Waals surface area contributed by atoms with Crippen LogP contribution in [0.5, 0.6) is 0 Å². The van der Waals surface area contributed by atoms with Crippen LogP contribution in [0.1, 0.15) is 23.5 Å². The fourth-order valence-electron chi connectivity index (χ4n) is 5.79. The number of rotatable bonds is 8. The van der Waals surface area contributed by atoms with E-state index >= 15 is 0 Å². The molecule has 3 heterocycles. The van der Waals surface area contributed by atoms with E-state index in [2.05, 4.69) is 82.7 Å². The highest BCUT2D eigenvalue weighted by atomic mass is 16.2. The topological polar surface area (TPSA) is 60.2 Å². The van der Waals surface area contributed by atoms with E-state index in [4.69, 9.17) is 16.5 Å². The number of fused-ring (bicyclic) bond motifs is 2. The van der Waals surface area contributed by atoms with Gasteiger partial charge in [-0.15, -0.1) is 0 Å². The van der Waals surface area contributed by atoms with Crippen LogP contribution in [-0.2, 0) is 24.2 Å². The summed E-state index contributed by atoms with van der Waals surface area (Å²) in [5, 5.41) is 2.50. The predicted octanol–water partition coefficient (Wildman–Crippen LogP) is 3.81. The van der Waals surface area contributed by atoms with Crippen LogP contribution in [0.25, 0.3) is 15.6 Å². The van der Waals surface area contributed by atoms with Gasteiger partial charge in [0.2, 0.25) is 12.5 Å². The largest absolute Gasteiger partial charge is 0.365 e. The predicted molar refractivity (Wildman–Crippen MR) is 157 cm³/mol. The van der Waals surface area contributed by atoms with E-state index in [-0.39, 0.29) is 18.5 Å². The second kappa shape index (κ2) is 11.8. The third kappa shape index (κ3) is 5.74. The maximum atomic E-state index is 12.5. The summed E-state index contributed by atoms with van der Waals surface area (Å²) in [4.78, 5) is 35.0. The minimum Gasteiger partial charge on any atom is -0.365 e. The monoisotopic (exact) mass is 523 g/mol. The number of anilines is 2. The molecule has 8 heteroatoms. The van der Waals surface area contributed by atoms with Gasteiger partial charge in [0, 0.05) is 49.2 Å². The smallest absolute Gasteiger partial charge is 0.246 e. The standard InChI is InChI=1S/C31H37N7O/c1-5-30(39)38-19-18-37(21-24(38)20-32-2)31-26-15-17-36(28-13-8-11-23-10-6-7-12-25(23)28)22-27(26)33-29(34-31)14-9-16-35(3)4/h5-8,10-13,24H,1,9,14-22H2,3-4H3/t24-/m0/s1. The number of hydrogen-bond acceptors (Lipinski definition) is 6. The quantitative estimate of drug-likeness (QED) is 0.331. The molecule has 0 spiro atoms. The van der Waals surface area contributed by atoms with Crippen LogP contribution >= 0.6 is 0 Å². The van der Waals surface area contributed by atoms with E-state index < -0.39 is 0 Å². The summed E-state index contributed by atoms with van der Waals surface area (Å²) in [5.74, 6) is 1.75. The first-order valence-electron chi connectivity index (χ1n) is 13.8. The van der Waals surface area contributed by atoms with Crippen molar-refractivity contribution in [1.29, 1.82) is 0 Å². The number of piperazine rings is 1. The SMILES string of the molecule is [C-]#[N+]C[C@H]1CN(c2nc(CCCN(C)C)nc3c2CCN(c2cccc4ccccc24)C3)CCN1C(=O)C=C. The van der Waals surface area contributed by atoms with Crippen LogP contribution in [0.2, 0.25) is 0 Å². The van der Waals surface area contributed by atoms with Crippen LogP contribution in [0.15, 0.2) is 55.1 Å². The van der Waals surface area contributed by atoms with Gasteiger partial charge in [0.25, 0.3) is 0 Å². The van der Waals surface area contributed by atoms with Crippen molar-refractivity contribution in [3.63, 3.8) is 0 Å². The molecule has 202 valence electrons. The lowest BCUT2D eigenvalue weighted by Crippen LogP contribution is -2.56. The fraction of sp³-hybridized carbons (Fsp3) is 0.419. The molecule has 0 unspecified atom stereocenters. The van der Waals surface area contributed by atoms with Crippen molar-refractivity contribution in [2.24, 2.45) is 0 Å². The third-order valence-corrected chi connectivity index (χ3v) is 7.74. The van der Waals surface area contributed by atoms with Gasteiger partial charge in [-0.05, 0) is 51.0 Å². The lowest BCUT2D eigenvalue weighted by molar-refractivity contribution is -0.128. The van der Waals surface area contributed by atoms with Crippen LogP contribution in [0, 0.1) is 6.57 Å². The Hall–Kier alpha value is -3.96. The van der Waals surface area contributed by atoms with Crippen LogP contribution < -0.4 is 9.80 Å². The molecule has 2 aliphatic rings. The fourth-order valence-corrected chi connectivity index (χ4v) is 5.79. The van der Waals surface area contributed by atoms with Crippen LogP contribution in [0.4, 0.5) is 11.5 Å². The van der Waals surface area contributed by atoms with Gasteiger partial charge in [-0.2, -0.15) is 0 Å². The van der Waals surface area contributed by atoms with Gasteiger partial charge in [-0.1, -0.05) is 43.0 Å². The highest BCUT2D eigenvalue weighted by Gasteiger charge is 2.34. The number of carbonyl (C=O) groups excluding carboxylic acids is 1. The van der Waals surface area contributed by atoms with Gasteiger partial charge >= 0.3 is 0 Å². The first-order valence-corrected chi connectivity index (χ1v) is 13.8. The number of nitrogens with zero attached hydrogens (tertiary/aromatic N) is 7. The number of aromatic nitrogens is 2. The average Bonchev–Trinajstić information content (AvgIpc) is 2.95. The summed E-state index contributed by atoms with van der Waals surface area (Å²) in [6.45, 7) is 15.8. The maximum Gasteiger partial charge on any atom is 0.246 e. The molecule has 0 radical (unpaired) electrons. The molecule has 1 amide bonds. The normalized spacial score (nSPS) is 17.3. The number of amides is 1. The Labute approximate surface area is 231 Å². The second-order valence-corrected chi connectivity index (χ2v) is 10.6. The van der Waals surface area contributed by atoms with Crippen molar-refractivity contribution in [3.05, 3.63) is 83.6 Å². The highest BCUT2D eigenvalue weighted by Crippen LogP contribution is 2.34. The number of benzene rings is 2. The molecule has 5 rings (SSSR count). The number of aryl methyl sites for hydroxylation is 1. The van der Waals surface area contributed by atoms with Gasteiger partial charge in [-0.25, -0.2) is 16.5 Å². The van der Waals surface area contributed by atoms with Crippen molar-refractivity contribution in [3.8, 4) is 0 Å².